The molecule has 0 spiro atoms. The van der Waals surface area contributed by atoms with E-state index in [1.54, 1.807) is 25.1 Å². The quantitative estimate of drug-likeness (QED) is 0.0615. The number of nitrogens with zero attached hydrogens (tertiary/aromatic N) is 1. The molecule has 0 aromatic heterocycles. The van der Waals surface area contributed by atoms with E-state index in [1.165, 1.54) is 38.5 Å². The number of hydrogen-bond donors (Lipinski definition) is 0. The zero-order valence-electron chi connectivity index (χ0n) is 22.0. The normalized spacial score (nSPS) is 13.1. The molecule has 0 radical (unpaired) electrons. The van der Waals surface area contributed by atoms with Crippen LogP contribution >= 0.6 is 0 Å². The van der Waals surface area contributed by atoms with Crippen LogP contribution in [0.3, 0.4) is 0 Å². The Balaban J connectivity index is 1.59. The number of fused-ring (bicyclic) bond motifs is 1. The maximum atomic E-state index is 12.1. The molecule has 1 atom stereocenters. The predicted molar refractivity (Wildman–Crippen MR) is 145 cm³/mol. The Labute approximate surface area is 220 Å². The summed E-state index contributed by atoms with van der Waals surface area (Å²) >= 11 is 0. The van der Waals surface area contributed by atoms with Gasteiger partial charge in [-0.3, -0.25) is 0 Å². The van der Waals surface area contributed by atoms with Gasteiger partial charge in [0, 0.05) is 12.0 Å². The molecule has 1 aliphatic heterocycles. The Morgan fingerprint density at radius 1 is 1.03 bits per heavy atom. The van der Waals surface area contributed by atoms with E-state index in [-0.39, 0.29) is 6.79 Å². The van der Waals surface area contributed by atoms with Crippen molar-refractivity contribution in [2.75, 3.05) is 6.79 Å². The fourth-order valence-electron chi connectivity index (χ4n) is 4.02. The number of benzene rings is 2. The highest BCUT2D eigenvalue weighted by atomic mass is 16.7. The second kappa shape index (κ2) is 14.7. The van der Waals surface area contributed by atoms with Crippen molar-refractivity contribution in [1.29, 1.82) is 5.26 Å². The fourth-order valence-corrected chi connectivity index (χ4v) is 4.02. The Morgan fingerprint density at radius 3 is 2.38 bits per heavy atom. The minimum atomic E-state index is -0.685. The van der Waals surface area contributed by atoms with Gasteiger partial charge >= 0.3 is 5.97 Å². The van der Waals surface area contributed by atoms with Crippen molar-refractivity contribution in [3.05, 3.63) is 65.7 Å². The molecular weight excluding hydrogens is 466 g/mol. The first-order chi connectivity index (χ1) is 18.0. The van der Waals surface area contributed by atoms with E-state index in [4.69, 9.17) is 18.9 Å². The molecule has 0 amide bonds. The lowest BCUT2D eigenvalue weighted by Gasteiger charge is -2.20. The number of allylic oxidation sites excluding steroid dienone is 1. The van der Waals surface area contributed by atoms with Crippen LogP contribution in [0, 0.1) is 11.3 Å². The molecule has 37 heavy (non-hydrogen) atoms. The van der Waals surface area contributed by atoms with Crippen LogP contribution in [-0.4, -0.2) is 19.1 Å². The van der Waals surface area contributed by atoms with Crippen LogP contribution in [0.15, 0.2) is 54.6 Å². The van der Waals surface area contributed by atoms with Gasteiger partial charge < -0.3 is 18.9 Å². The summed E-state index contributed by atoms with van der Waals surface area (Å²) in [5.74, 6) is 1.48. The first-order valence-electron chi connectivity index (χ1n) is 13.1. The van der Waals surface area contributed by atoms with Crippen LogP contribution in [0.4, 0.5) is 0 Å². The third kappa shape index (κ3) is 9.02. The van der Waals surface area contributed by atoms with Gasteiger partial charge in [-0.25, -0.2) is 4.79 Å². The lowest BCUT2D eigenvalue weighted by Crippen LogP contribution is -2.24. The van der Waals surface area contributed by atoms with E-state index in [9.17, 15) is 10.1 Å². The van der Waals surface area contributed by atoms with E-state index in [2.05, 4.69) is 19.6 Å². The van der Waals surface area contributed by atoms with Crippen LogP contribution in [0.5, 0.6) is 17.2 Å². The summed E-state index contributed by atoms with van der Waals surface area (Å²) in [7, 11) is 0. The lowest BCUT2D eigenvalue weighted by molar-refractivity contribution is -0.159. The van der Waals surface area contributed by atoms with E-state index >= 15 is 0 Å². The molecule has 1 aliphatic rings. The minimum Gasteiger partial charge on any atom is -0.455 e. The summed E-state index contributed by atoms with van der Waals surface area (Å²) in [5.41, 5.74) is 2.45. The van der Waals surface area contributed by atoms with Crippen molar-refractivity contribution in [1.82, 2.24) is 0 Å². The minimum absolute atomic E-state index is 0.205. The number of ether oxygens (including phenoxy) is 4. The number of rotatable bonds is 15. The maximum absolute atomic E-state index is 12.1. The molecule has 0 saturated heterocycles. The third-order valence-electron chi connectivity index (χ3n) is 6.14. The summed E-state index contributed by atoms with van der Waals surface area (Å²) in [6, 6.07) is 15.0. The van der Waals surface area contributed by atoms with Crippen molar-refractivity contribution in [2.24, 2.45) is 0 Å². The highest BCUT2D eigenvalue weighted by Crippen LogP contribution is 2.33. The van der Waals surface area contributed by atoms with Gasteiger partial charge in [0.25, 0.3) is 0 Å². The molecule has 2 aromatic rings. The number of carbonyl (C=O) groups excluding carboxylic acids is 1. The molecular formula is C31H37NO5. The predicted octanol–water partition coefficient (Wildman–Crippen LogP) is 7.83. The van der Waals surface area contributed by atoms with Crippen LogP contribution in [0.1, 0.15) is 82.8 Å². The van der Waals surface area contributed by atoms with Gasteiger partial charge in [-0.2, -0.15) is 5.26 Å². The zero-order chi connectivity index (χ0) is 26.5. The molecule has 6 nitrogen and oxygen atoms in total. The van der Waals surface area contributed by atoms with E-state index < -0.39 is 12.3 Å². The second-order valence-electron chi connectivity index (χ2n) is 9.30. The second-order valence-corrected chi connectivity index (χ2v) is 9.30. The van der Waals surface area contributed by atoms with Crippen LogP contribution in [0.25, 0.3) is 11.6 Å². The number of carbonyl (C=O) groups is 1. The van der Waals surface area contributed by atoms with E-state index in [0.29, 0.717) is 34.8 Å². The summed E-state index contributed by atoms with van der Waals surface area (Å²) < 4.78 is 22.3. The summed E-state index contributed by atoms with van der Waals surface area (Å²) in [4.78, 5) is 12.1. The largest absolute Gasteiger partial charge is 0.455 e. The average molecular weight is 504 g/mol. The number of hydrogen-bond acceptors (Lipinski definition) is 6. The first kappa shape index (κ1) is 27.9. The molecule has 0 fully saturated rings. The summed E-state index contributed by atoms with van der Waals surface area (Å²) in [5, 5.41) is 9.73. The molecule has 196 valence electrons. The SMILES string of the molecule is C=C(C)C(=O)OC(CCCCCCCCCC)Oc1ccc(C(C#N)=Cc2ccc3c(c2)OCO3)cc1. The lowest BCUT2D eigenvalue weighted by atomic mass is 10.0. The average Bonchev–Trinajstić information content (AvgIpc) is 3.37. The highest BCUT2D eigenvalue weighted by Gasteiger charge is 2.17. The monoisotopic (exact) mass is 503 g/mol. The molecule has 0 bridgehead atoms. The van der Waals surface area contributed by atoms with Gasteiger partial charge in [0.2, 0.25) is 13.1 Å². The standard InChI is InChI=1S/C31H37NO5/c1-4-5-6-7-8-9-10-11-12-30(37-31(33)23(2)3)36-27-16-14-25(15-17-27)26(21-32)19-24-13-18-28-29(20-24)35-22-34-28/h13-20,30H,2,4-12,22H2,1,3H3. The zero-order valence-corrected chi connectivity index (χ0v) is 22.0. The smallest absolute Gasteiger partial charge is 0.336 e. The van der Waals surface area contributed by atoms with Gasteiger partial charge in [-0.05, 0) is 66.9 Å². The Kier molecular flexibility index (Phi) is 11.1. The van der Waals surface area contributed by atoms with Gasteiger partial charge in [-0.15, -0.1) is 0 Å². The van der Waals surface area contributed by atoms with Gasteiger partial charge in [0.05, 0.1) is 11.6 Å². The number of nitriles is 1. The van der Waals surface area contributed by atoms with Gasteiger partial charge in [-0.1, -0.05) is 64.5 Å². The molecule has 1 unspecified atom stereocenters. The molecule has 0 N–H and O–H groups in total. The summed E-state index contributed by atoms with van der Waals surface area (Å²) in [6.45, 7) is 7.73. The van der Waals surface area contributed by atoms with E-state index in [1.807, 2.05) is 30.3 Å². The van der Waals surface area contributed by atoms with Crippen molar-refractivity contribution in [3.63, 3.8) is 0 Å². The number of esters is 1. The summed E-state index contributed by atoms with van der Waals surface area (Å²) in [6.07, 6.45) is 11.3. The van der Waals surface area contributed by atoms with Crippen LogP contribution in [0.2, 0.25) is 0 Å². The van der Waals surface area contributed by atoms with Crippen LogP contribution in [-0.2, 0) is 9.53 Å². The maximum Gasteiger partial charge on any atom is 0.336 e. The number of unbranched alkanes of at least 4 members (excludes halogenated alkanes) is 7. The Morgan fingerprint density at radius 2 is 1.70 bits per heavy atom. The van der Waals surface area contributed by atoms with E-state index in [0.717, 1.165) is 24.0 Å². The van der Waals surface area contributed by atoms with Crippen molar-refractivity contribution < 1.29 is 23.7 Å². The van der Waals surface area contributed by atoms with Crippen molar-refractivity contribution in [3.8, 4) is 23.3 Å². The molecule has 6 heteroatoms. The van der Waals surface area contributed by atoms with Crippen LogP contribution < -0.4 is 14.2 Å². The first-order valence-corrected chi connectivity index (χ1v) is 13.1. The molecule has 2 aromatic carbocycles. The van der Waals surface area contributed by atoms with Gasteiger partial charge in [0.1, 0.15) is 5.75 Å². The molecule has 0 aliphatic carbocycles. The molecule has 0 saturated carbocycles. The van der Waals surface area contributed by atoms with Crippen molar-refractivity contribution in [2.45, 2.75) is 77.9 Å². The Bertz CT molecular complexity index is 1110. The topological polar surface area (TPSA) is 77.8 Å². The Hall–Kier alpha value is -3.72. The highest BCUT2D eigenvalue weighted by molar-refractivity contribution is 5.90. The third-order valence-corrected chi connectivity index (χ3v) is 6.14. The molecule has 3 rings (SSSR count). The van der Waals surface area contributed by atoms with Gasteiger partial charge in [0.15, 0.2) is 11.5 Å². The fraction of sp³-hybridized carbons (Fsp3) is 0.419. The molecule has 1 heterocycles. The van der Waals surface area contributed by atoms with Crippen molar-refractivity contribution >= 4 is 17.6 Å².